The summed E-state index contributed by atoms with van der Waals surface area (Å²) in [6, 6.07) is 4.18. The smallest absolute Gasteiger partial charge is 0.231 e. The van der Waals surface area contributed by atoms with Crippen LogP contribution >= 0.6 is 15.9 Å². The molecule has 0 aliphatic carbocycles. The van der Waals surface area contributed by atoms with Crippen molar-refractivity contribution in [3.8, 4) is 11.5 Å². The van der Waals surface area contributed by atoms with Crippen LogP contribution in [0.25, 0.3) is 0 Å². The lowest BCUT2D eigenvalue weighted by atomic mass is 10.1. The second-order valence-electron chi connectivity index (χ2n) is 3.98. The first-order valence-corrected chi connectivity index (χ1v) is 6.58. The highest BCUT2D eigenvalue weighted by Crippen LogP contribution is 2.41. The van der Waals surface area contributed by atoms with Crippen LogP contribution < -0.4 is 20.5 Å². The largest absolute Gasteiger partial charge is 0.454 e. The lowest BCUT2D eigenvalue weighted by Gasteiger charge is -2.17. The molecule has 3 N–H and O–H groups in total. The Morgan fingerprint density at radius 2 is 2.29 bits per heavy atom. The molecular weight excluding hydrogens is 284 g/mol. The van der Waals surface area contributed by atoms with Crippen molar-refractivity contribution in [2.75, 3.05) is 19.9 Å². The average molecular weight is 301 g/mol. The average Bonchev–Trinajstić information content (AvgIpc) is 2.79. The number of ether oxygens (including phenoxy) is 2. The predicted molar refractivity (Wildman–Crippen MR) is 70.4 cm³/mol. The van der Waals surface area contributed by atoms with Crippen molar-refractivity contribution in [2.45, 2.75) is 19.4 Å². The Balaban J connectivity index is 2.22. The first kappa shape index (κ1) is 12.7. The van der Waals surface area contributed by atoms with E-state index in [2.05, 4.69) is 28.2 Å². The van der Waals surface area contributed by atoms with Gasteiger partial charge in [-0.15, -0.1) is 0 Å². The third-order valence-corrected chi connectivity index (χ3v) is 3.32. The molecule has 94 valence electrons. The highest BCUT2D eigenvalue weighted by molar-refractivity contribution is 9.10. The second-order valence-corrected chi connectivity index (χ2v) is 4.83. The molecule has 2 rings (SSSR count). The van der Waals surface area contributed by atoms with Gasteiger partial charge in [0.15, 0.2) is 11.5 Å². The molecule has 5 heteroatoms. The summed E-state index contributed by atoms with van der Waals surface area (Å²) in [7, 11) is 0. The van der Waals surface area contributed by atoms with Crippen LogP contribution in [-0.2, 0) is 0 Å². The number of rotatable bonds is 5. The molecule has 1 aliphatic rings. The van der Waals surface area contributed by atoms with Crippen LogP contribution in [0.5, 0.6) is 11.5 Å². The quantitative estimate of drug-likeness (QED) is 0.875. The molecule has 0 aromatic heterocycles. The highest BCUT2D eigenvalue weighted by atomic mass is 79.9. The van der Waals surface area contributed by atoms with E-state index in [1.54, 1.807) is 0 Å². The van der Waals surface area contributed by atoms with Crippen LogP contribution in [0.4, 0.5) is 0 Å². The molecule has 1 heterocycles. The molecule has 17 heavy (non-hydrogen) atoms. The fourth-order valence-electron chi connectivity index (χ4n) is 1.84. The molecule has 0 amide bonds. The van der Waals surface area contributed by atoms with Crippen LogP contribution in [0.15, 0.2) is 16.6 Å². The number of nitrogens with one attached hydrogen (secondary N) is 1. The molecule has 0 spiro atoms. The second kappa shape index (κ2) is 5.71. The van der Waals surface area contributed by atoms with Gasteiger partial charge in [-0.25, -0.2) is 0 Å². The molecule has 0 radical (unpaired) electrons. The van der Waals surface area contributed by atoms with E-state index in [1.807, 2.05) is 12.1 Å². The lowest BCUT2D eigenvalue weighted by Crippen LogP contribution is -2.28. The molecule has 0 fully saturated rings. The molecule has 4 nitrogen and oxygen atoms in total. The maximum atomic E-state index is 5.79. The van der Waals surface area contributed by atoms with E-state index >= 15 is 0 Å². The fraction of sp³-hybridized carbons (Fsp3) is 0.500. The minimum atomic E-state index is 0.153. The van der Waals surface area contributed by atoms with Crippen molar-refractivity contribution in [2.24, 2.45) is 5.73 Å². The molecule has 0 saturated heterocycles. The van der Waals surface area contributed by atoms with Gasteiger partial charge in [0.25, 0.3) is 0 Å². The van der Waals surface area contributed by atoms with Crippen molar-refractivity contribution < 1.29 is 9.47 Å². The van der Waals surface area contributed by atoms with Gasteiger partial charge >= 0.3 is 0 Å². The predicted octanol–water partition coefficient (Wildman–Crippen LogP) is 2.18. The van der Waals surface area contributed by atoms with Crippen LogP contribution in [-0.4, -0.2) is 19.9 Å². The number of halogens is 1. The Labute approximate surface area is 110 Å². The Kier molecular flexibility index (Phi) is 4.25. The lowest BCUT2D eigenvalue weighted by molar-refractivity contribution is 0.173. The van der Waals surface area contributed by atoms with Gasteiger partial charge in [-0.1, -0.05) is 6.92 Å². The van der Waals surface area contributed by atoms with Crippen LogP contribution in [0.3, 0.4) is 0 Å². The molecular formula is C12H17BrN2O2. The third-order valence-electron chi connectivity index (χ3n) is 2.73. The van der Waals surface area contributed by atoms with Gasteiger partial charge in [-0.05, 0) is 46.6 Å². The van der Waals surface area contributed by atoms with Gasteiger partial charge in [0.2, 0.25) is 6.79 Å². The number of hydrogen-bond donors (Lipinski definition) is 2. The third kappa shape index (κ3) is 2.73. The van der Waals surface area contributed by atoms with Gasteiger partial charge < -0.3 is 20.5 Å². The molecule has 1 aromatic carbocycles. The topological polar surface area (TPSA) is 56.5 Å². The molecule has 0 saturated carbocycles. The molecule has 1 aliphatic heterocycles. The summed E-state index contributed by atoms with van der Waals surface area (Å²) in [6.07, 6.45) is 1.09. The number of nitrogens with two attached hydrogens (primary N) is 1. The van der Waals surface area contributed by atoms with E-state index in [0.717, 1.165) is 34.5 Å². The summed E-state index contributed by atoms with van der Waals surface area (Å²) in [5.41, 5.74) is 6.91. The summed E-state index contributed by atoms with van der Waals surface area (Å²) in [5, 5.41) is 3.41. The number of fused-ring (bicyclic) bond motifs is 1. The van der Waals surface area contributed by atoms with Crippen LogP contribution in [0.1, 0.15) is 24.9 Å². The van der Waals surface area contributed by atoms with E-state index < -0.39 is 0 Å². The zero-order valence-corrected chi connectivity index (χ0v) is 11.4. The van der Waals surface area contributed by atoms with Gasteiger partial charge in [-0.2, -0.15) is 0 Å². The molecule has 1 aromatic rings. The maximum Gasteiger partial charge on any atom is 0.231 e. The first-order valence-electron chi connectivity index (χ1n) is 5.78. The summed E-state index contributed by atoms with van der Waals surface area (Å²) in [4.78, 5) is 0. The van der Waals surface area contributed by atoms with Crippen molar-refractivity contribution in [3.63, 3.8) is 0 Å². The highest BCUT2D eigenvalue weighted by Gasteiger charge is 2.20. The van der Waals surface area contributed by atoms with Crippen molar-refractivity contribution in [1.29, 1.82) is 0 Å². The normalized spacial score (nSPS) is 15.0. The molecule has 1 atom stereocenters. The van der Waals surface area contributed by atoms with Gasteiger partial charge in [0.05, 0.1) is 4.47 Å². The Bertz CT molecular complexity index is 398. The van der Waals surface area contributed by atoms with E-state index in [9.17, 15) is 0 Å². The Morgan fingerprint density at radius 1 is 1.47 bits per heavy atom. The number of benzene rings is 1. The van der Waals surface area contributed by atoms with Crippen molar-refractivity contribution >= 4 is 15.9 Å². The van der Waals surface area contributed by atoms with Gasteiger partial charge in [-0.3, -0.25) is 0 Å². The minimum absolute atomic E-state index is 0.153. The SMILES string of the molecule is CCCNC(CN)c1cc(Br)c2c(c1)OCO2. The summed E-state index contributed by atoms with van der Waals surface area (Å²) in [6.45, 7) is 3.93. The summed E-state index contributed by atoms with van der Waals surface area (Å²) >= 11 is 3.49. The zero-order chi connectivity index (χ0) is 12.3. The standard InChI is InChI=1S/C12H17BrN2O2/c1-2-3-15-10(6-14)8-4-9(13)12-11(5-8)16-7-17-12/h4-5,10,15H,2-3,6-7,14H2,1H3. The monoisotopic (exact) mass is 300 g/mol. The van der Waals surface area contributed by atoms with Crippen LogP contribution in [0.2, 0.25) is 0 Å². The maximum absolute atomic E-state index is 5.79. The van der Waals surface area contributed by atoms with Gasteiger partial charge in [0, 0.05) is 12.6 Å². The molecule has 0 bridgehead atoms. The first-order chi connectivity index (χ1) is 8.26. The Morgan fingerprint density at radius 3 is 3.00 bits per heavy atom. The van der Waals surface area contributed by atoms with E-state index in [1.165, 1.54) is 0 Å². The Hall–Kier alpha value is -0.780. The van der Waals surface area contributed by atoms with E-state index in [4.69, 9.17) is 15.2 Å². The molecule has 1 unspecified atom stereocenters. The minimum Gasteiger partial charge on any atom is -0.454 e. The van der Waals surface area contributed by atoms with Crippen molar-refractivity contribution in [1.82, 2.24) is 5.32 Å². The fourth-order valence-corrected chi connectivity index (χ4v) is 2.42. The van der Waals surface area contributed by atoms with Gasteiger partial charge in [0.1, 0.15) is 0 Å². The zero-order valence-electron chi connectivity index (χ0n) is 9.83. The van der Waals surface area contributed by atoms with Crippen molar-refractivity contribution in [3.05, 3.63) is 22.2 Å². The van der Waals surface area contributed by atoms with E-state index in [-0.39, 0.29) is 12.8 Å². The summed E-state index contributed by atoms with van der Waals surface area (Å²) in [5.74, 6) is 1.56. The van der Waals surface area contributed by atoms with E-state index in [0.29, 0.717) is 6.54 Å². The van der Waals surface area contributed by atoms with Crippen LogP contribution in [0, 0.1) is 0 Å². The number of hydrogen-bond acceptors (Lipinski definition) is 4. The summed E-state index contributed by atoms with van der Waals surface area (Å²) < 4.78 is 11.7.